The van der Waals surface area contributed by atoms with Crippen LogP contribution in [0, 0.1) is 5.82 Å². The summed E-state index contributed by atoms with van der Waals surface area (Å²) in [6, 6.07) is 4.98. The lowest BCUT2D eigenvalue weighted by molar-refractivity contribution is 0.622. The second-order valence-electron chi connectivity index (χ2n) is 3.44. The predicted molar refractivity (Wildman–Crippen MR) is 77.9 cm³/mol. The molecule has 1 aromatic carbocycles. The van der Waals surface area contributed by atoms with Crippen molar-refractivity contribution in [3.8, 4) is 0 Å². The molecule has 0 saturated heterocycles. The second-order valence-corrected chi connectivity index (χ2v) is 6.20. The first-order valence-corrected chi connectivity index (χ1v) is 7.24. The molecule has 2 rings (SSSR count). The first-order chi connectivity index (χ1) is 8.06. The number of hydrogen-bond acceptors (Lipinski definition) is 3. The number of rotatable bonds is 3. The van der Waals surface area contributed by atoms with Gasteiger partial charge in [0, 0.05) is 27.3 Å². The van der Waals surface area contributed by atoms with Gasteiger partial charge in [-0.05, 0) is 44.0 Å². The lowest BCUT2D eigenvalue weighted by atomic mass is 10.2. The summed E-state index contributed by atoms with van der Waals surface area (Å²) in [5, 5.41) is 5.19. The van der Waals surface area contributed by atoms with E-state index in [1.165, 1.54) is 10.9 Å². The third-order valence-corrected chi connectivity index (χ3v) is 4.47. The fraction of sp³-hybridized carbons (Fsp3) is 0.0909. The molecule has 0 atom stereocenters. The largest absolute Gasteiger partial charge is 0.397 e. The molecule has 1 aromatic heterocycles. The van der Waals surface area contributed by atoms with Gasteiger partial charge in [-0.15, -0.1) is 11.3 Å². The molecule has 1 heterocycles. The van der Waals surface area contributed by atoms with E-state index in [1.807, 2.05) is 11.4 Å². The third-order valence-electron chi connectivity index (χ3n) is 2.17. The molecule has 2 aromatic rings. The van der Waals surface area contributed by atoms with Gasteiger partial charge in [0.25, 0.3) is 0 Å². The molecule has 0 amide bonds. The SMILES string of the molecule is Nc1cc(F)c(Br)cc1NCc1cc(Br)cs1. The molecule has 6 heteroatoms. The molecular weight excluding hydrogens is 371 g/mol. The topological polar surface area (TPSA) is 38.0 Å². The molecule has 0 aliphatic carbocycles. The summed E-state index contributed by atoms with van der Waals surface area (Å²) in [5.74, 6) is -0.355. The average molecular weight is 380 g/mol. The molecule has 0 aliphatic heterocycles. The zero-order valence-electron chi connectivity index (χ0n) is 8.64. The second kappa shape index (κ2) is 5.37. The molecule has 0 saturated carbocycles. The maximum absolute atomic E-state index is 13.2. The van der Waals surface area contributed by atoms with Gasteiger partial charge in [-0.3, -0.25) is 0 Å². The van der Waals surface area contributed by atoms with Crippen LogP contribution in [0.5, 0.6) is 0 Å². The van der Waals surface area contributed by atoms with Crippen molar-refractivity contribution in [3.05, 3.63) is 43.2 Å². The van der Waals surface area contributed by atoms with Crippen molar-refractivity contribution in [2.75, 3.05) is 11.1 Å². The van der Waals surface area contributed by atoms with Gasteiger partial charge in [0.2, 0.25) is 0 Å². The quantitative estimate of drug-likeness (QED) is 0.764. The van der Waals surface area contributed by atoms with Gasteiger partial charge in [-0.2, -0.15) is 0 Å². The Labute approximate surface area is 119 Å². The molecule has 0 aliphatic rings. The van der Waals surface area contributed by atoms with E-state index >= 15 is 0 Å². The van der Waals surface area contributed by atoms with Crippen LogP contribution in [0.25, 0.3) is 0 Å². The lowest BCUT2D eigenvalue weighted by Gasteiger charge is -2.09. The lowest BCUT2D eigenvalue weighted by Crippen LogP contribution is -2.02. The molecular formula is C11H9Br2FN2S. The zero-order chi connectivity index (χ0) is 12.4. The Hall–Kier alpha value is -0.590. The number of nitrogens with one attached hydrogen (secondary N) is 1. The standard InChI is InChI=1S/C11H9Br2FN2S/c12-6-1-7(17-5-6)4-16-11-2-8(13)9(14)3-10(11)15/h1-3,5,16H,4,15H2. The van der Waals surface area contributed by atoms with Gasteiger partial charge < -0.3 is 11.1 Å². The van der Waals surface area contributed by atoms with E-state index in [0.29, 0.717) is 16.7 Å². The number of thiophene rings is 1. The minimum Gasteiger partial charge on any atom is -0.397 e. The van der Waals surface area contributed by atoms with Crippen LogP contribution in [0.2, 0.25) is 0 Å². The number of benzene rings is 1. The Morgan fingerprint density at radius 3 is 2.71 bits per heavy atom. The number of nitrogen functional groups attached to an aromatic ring is 1. The van der Waals surface area contributed by atoms with Crippen molar-refractivity contribution < 1.29 is 4.39 Å². The Bertz CT molecular complexity index is 542. The summed E-state index contributed by atoms with van der Waals surface area (Å²) in [4.78, 5) is 1.18. The van der Waals surface area contributed by atoms with Gasteiger partial charge in [0.15, 0.2) is 0 Å². The van der Waals surface area contributed by atoms with Crippen molar-refractivity contribution in [3.63, 3.8) is 0 Å². The summed E-state index contributed by atoms with van der Waals surface area (Å²) in [5.41, 5.74) is 6.86. The summed E-state index contributed by atoms with van der Waals surface area (Å²) in [6.07, 6.45) is 0. The minimum absolute atomic E-state index is 0.355. The fourth-order valence-electron chi connectivity index (χ4n) is 1.34. The predicted octanol–water partition coefficient (Wildman–Crippen LogP) is 4.61. The minimum atomic E-state index is -0.355. The van der Waals surface area contributed by atoms with E-state index in [-0.39, 0.29) is 5.82 Å². The van der Waals surface area contributed by atoms with Crippen LogP contribution in [0.15, 0.2) is 32.5 Å². The maximum atomic E-state index is 13.2. The molecule has 0 unspecified atom stereocenters. The highest BCUT2D eigenvalue weighted by molar-refractivity contribution is 9.10. The number of hydrogen-bond donors (Lipinski definition) is 2. The Morgan fingerprint density at radius 2 is 2.06 bits per heavy atom. The van der Waals surface area contributed by atoms with E-state index < -0.39 is 0 Å². The maximum Gasteiger partial charge on any atom is 0.139 e. The number of halogens is 3. The molecule has 3 N–H and O–H groups in total. The molecule has 17 heavy (non-hydrogen) atoms. The van der Waals surface area contributed by atoms with Crippen LogP contribution < -0.4 is 11.1 Å². The summed E-state index contributed by atoms with van der Waals surface area (Å²) in [7, 11) is 0. The van der Waals surface area contributed by atoms with Crippen molar-refractivity contribution in [2.45, 2.75) is 6.54 Å². The highest BCUT2D eigenvalue weighted by Gasteiger charge is 2.06. The molecule has 0 spiro atoms. The van der Waals surface area contributed by atoms with Crippen molar-refractivity contribution in [1.29, 1.82) is 0 Å². The summed E-state index contributed by atoms with van der Waals surface area (Å²) < 4.78 is 14.6. The van der Waals surface area contributed by atoms with Crippen LogP contribution in [0.3, 0.4) is 0 Å². The smallest absolute Gasteiger partial charge is 0.139 e. The molecule has 0 fully saturated rings. The highest BCUT2D eigenvalue weighted by Crippen LogP contribution is 2.28. The van der Waals surface area contributed by atoms with Crippen molar-refractivity contribution in [1.82, 2.24) is 0 Å². The van der Waals surface area contributed by atoms with Crippen LogP contribution in [0.4, 0.5) is 15.8 Å². The molecule has 0 radical (unpaired) electrons. The van der Waals surface area contributed by atoms with Crippen LogP contribution in [0.1, 0.15) is 4.88 Å². The Balaban J connectivity index is 2.11. The van der Waals surface area contributed by atoms with E-state index in [4.69, 9.17) is 5.73 Å². The van der Waals surface area contributed by atoms with Crippen LogP contribution in [-0.4, -0.2) is 0 Å². The van der Waals surface area contributed by atoms with E-state index in [0.717, 1.165) is 10.2 Å². The summed E-state index contributed by atoms with van der Waals surface area (Å²) >= 11 is 8.18. The Kier molecular flexibility index (Phi) is 4.06. The van der Waals surface area contributed by atoms with E-state index in [9.17, 15) is 4.39 Å². The first kappa shape index (κ1) is 12.9. The third kappa shape index (κ3) is 3.20. The molecule has 2 nitrogen and oxygen atoms in total. The average Bonchev–Trinajstić information content (AvgIpc) is 2.68. The van der Waals surface area contributed by atoms with E-state index in [1.54, 1.807) is 17.4 Å². The van der Waals surface area contributed by atoms with Gasteiger partial charge in [-0.1, -0.05) is 0 Å². The molecule has 0 bridgehead atoms. The van der Waals surface area contributed by atoms with E-state index in [2.05, 4.69) is 37.2 Å². The van der Waals surface area contributed by atoms with Gasteiger partial charge in [0.1, 0.15) is 5.82 Å². The van der Waals surface area contributed by atoms with Crippen LogP contribution in [-0.2, 0) is 6.54 Å². The van der Waals surface area contributed by atoms with Gasteiger partial charge in [-0.25, -0.2) is 4.39 Å². The van der Waals surface area contributed by atoms with Gasteiger partial charge >= 0.3 is 0 Å². The Morgan fingerprint density at radius 1 is 1.29 bits per heavy atom. The monoisotopic (exact) mass is 378 g/mol. The van der Waals surface area contributed by atoms with Gasteiger partial charge in [0.05, 0.1) is 15.8 Å². The highest BCUT2D eigenvalue weighted by atomic mass is 79.9. The number of nitrogens with two attached hydrogens (primary N) is 1. The van der Waals surface area contributed by atoms with Crippen LogP contribution >= 0.6 is 43.2 Å². The first-order valence-electron chi connectivity index (χ1n) is 4.77. The molecule has 90 valence electrons. The van der Waals surface area contributed by atoms with Crippen molar-refractivity contribution in [2.24, 2.45) is 0 Å². The number of anilines is 2. The van der Waals surface area contributed by atoms with Crippen molar-refractivity contribution >= 4 is 54.6 Å². The normalized spacial score (nSPS) is 10.5. The summed E-state index contributed by atoms with van der Waals surface area (Å²) in [6.45, 7) is 0.665. The fourth-order valence-corrected chi connectivity index (χ4v) is 3.08. The zero-order valence-corrected chi connectivity index (χ0v) is 12.6.